The fraction of sp³-hybridized carbons (Fsp3) is 0.125. The van der Waals surface area contributed by atoms with Crippen molar-refractivity contribution < 1.29 is 4.74 Å². The van der Waals surface area contributed by atoms with Gasteiger partial charge in [-0.3, -0.25) is 0 Å². The van der Waals surface area contributed by atoms with Gasteiger partial charge in [0, 0.05) is 34.2 Å². The third-order valence-corrected chi connectivity index (χ3v) is 3.53. The Balaban J connectivity index is 1.79. The van der Waals surface area contributed by atoms with E-state index < -0.39 is 0 Å². The third-order valence-electron chi connectivity index (χ3n) is 3.28. The molecule has 0 aliphatic heterocycles. The van der Waals surface area contributed by atoms with Crippen LogP contribution in [0.5, 0.6) is 5.75 Å². The van der Waals surface area contributed by atoms with Crippen LogP contribution in [0, 0.1) is 0 Å². The Hall–Kier alpha value is -1.97. The van der Waals surface area contributed by atoms with E-state index in [0.29, 0.717) is 18.2 Å². The number of rotatable bonds is 4. The molecule has 0 spiro atoms. The molecule has 0 bridgehead atoms. The van der Waals surface area contributed by atoms with Gasteiger partial charge in [-0.1, -0.05) is 23.7 Å². The number of aromatic nitrogens is 1. The number of halogens is 1. The summed E-state index contributed by atoms with van der Waals surface area (Å²) >= 11 is 5.85. The molecule has 4 heteroatoms. The smallest absolute Gasteiger partial charge is 0.119 e. The van der Waals surface area contributed by atoms with Gasteiger partial charge in [0.2, 0.25) is 0 Å². The average Bonchev–Trinajstić information content (AvgIpc) is 2.89. The van der Waals surface area contributed by atoms with Crippen molar-refractivity contribution >= 4 is 22.5 Å². The van der Waals surface area contributed by atoms with Crippen LogP contribution < -0.4 is 10.5 Å². The highest BCUT2D eigenvalue weighted by atomic mass is 35.5. The minimum Gasteiger partial charge on any atom is -0.489 e. The van der Waals surface area contributed by atoms with Gasteiger partial charge in [0.1, 0.15) is 12.4 Å². The van der Waals surface area contributed by atoms with Gasteiger partial charge in [0.05, 0.1) is 0 Å². The van der Waals surface area contributed by atoms with Crippen LogP contribution in [0.3, 0.4) is 0 Å². The second-order valence-corrected chi connectivity index (χ2v) is 5.08. The first-order chi connectivity index (χ1) is 9.76. The molecule has 0 atom stereocenters. The second-order valence-electron chi connectivity index (χ2n) is 4.64. The van der Waals surface area contributed by atoms with Crippen molar-refractivity contribution in [3.8, 4) is 5.75 Å². The molecule has 0 saturated carbocycles. The van der Waals surface area contributed by atoms with Crippen LogP contribution in [0.2, 0.25) is 5.02 Å². The highest BCUT2D eigenvalue weighted by molar-refractivity contribution is 6.30. The maximum absolute atomic E-state index is 5.85. The second kappa shape index (κ2) is 5.57. The largest absolute Gasteiger partial charge is 0.489 e. The van der Waals surface area contributed by atoms with Crippen LogP contribution in [-0.4, -0.2) is 4.98 Å². The van der Waals surface area contributed by atoms with Gasteiger partial charge in [-0.15, -0.1) is 0 Å². The highest BCUT2D eigenvalue weighted by Gasteiger charge is 2.05. The minimum atomic E-state index is 0.517. The molecule has 3 aromatic rings. The van der Waals surface area contributed by atoms with Crippen molar-refractivity contribution in [2.24, 2.45) is 5.73 Å². The van der Waals surface area contributed by atoms with Crippen molar-refractivity contribution in [1.29, 1.82) is 0 Å². The molecule has 20 heavy (non-hydrogen) atoms. The van der Waals surface area contributed by atoms with Gasteiger partial charge in [-0.05, 0) is 35.9 Å². The molecule has 3 N–H and O–H groups in total. The Kier molecular flexibility index (Phi) is 3.63. The Morgan fingerprint density at radius 2 is 1.90 bits per heavy atom. The molecule has 0 amide bonds. The highest BCUT2D eigenvalue weighted by Crippen LogP contribution is 2.22. The van der Waals surface area contributed by atoms with E-state index in [4.69, 9.17) is 22.1 Å². The Labute approximate surface area is 122 Å². The van der Waals surface area contributed by atoms with Crippen LogP contribution in [0.25, 0.3) is 10.9 Å². The van der Waals surface area contributed by atoms with E-state index in [0.717, 1.165) is 27.8 Å². The number of ether oxygens (including phenoxy) is 1. The lowest BCUT2D eigenvalue weighted by Gasteiger charge is -2.05. The van der Waals surface area contributed by atoms with Gasteiger partial charge in [0.15, 0.2) is 0 Å². The first kappa shape index (κ1) is 13.0. The summed E-state index contributed by atoms with van der Waals surface area (Å²) in [4.78, 5) is 3.25. The van der Waals surface area contributed by atoms with Crippen molar-refractivity contribution in [3.63, 3.8) is 0 Å². The number of nitrogens with one attached hydrogen (secondary N) is 1. The zero-order valence-electron chi connectivity index (χ0n) is 10.9. The monoisotopic (exact) mass is 286 g/mol. The number of nitrogens with two attached hydrogens (primary N) is 1. The van der Waals surface area contributed by atoms with Gasteiger partial charge in [-0.2, -0.15) is 0 Å². The predicted molar refractivity (Wildman–Crippen MR) is 82.0 cm³/mol. The number of hydrogen-bond donors (Lipinski definition) is 2. The molecular weight excluding hydrogens is 272 g/mol. The first-order valence-corrected chi connectivity index (χ1v) is 6.81. The van der Waals surface area contributed by atoms with E-state index in [-0.39, 0.29) is 0 Å². The number of fused-ring (bicyclic) bond motifs is 1. The van der Waals surface area contributed by atoms with Crippen LogP contribution in [0.4, 0.5) is 0 Å². The molecule has 1 heterocycles. The van der Waals surface area contributed by atoms with Gasteiger partial charge in [0.25, 0.3) is 0 Å². The molecular formula is C16H15ClN2O. The molecule has 2 aromatic carbocycles. The molecule has 0 aliphatic rings. The fourth-order valence-electron chi connectivity index (χ4n) is 2.17. The molecule has 1 aromatic heterocycles. The lowest BCUT2D eigenvalue weighted by molar-refractivity contribution is 0.307. The summed E-state index contributed by atoms with van der Waals surface area (Å²) in [5.74, 6) is 0.808. The van der Waals surface area contributed by atoms with Gasteiger partial charge in [-0.25, -0.2) is 0 Å². The zero-order valence-corrected chi connectivity index (χ0v) is 11.7. The van der Waals surface area contributed by atoms with E-state index in [1.165, 1.54) is 0 Å². The molecule has 102 valence electrons. The fourth-order valence-corrected chi connectivity index (χ4v) is 2.30. The summed E-state index contributed by atoms with van der Waals surface area (Å²) in [6.07, 6.45) is 1.97. The zero-order chi connectivity index (χ0) is 13.9. The number of aromatic amines is 1. The van der Waals surface area contributed by atoms with E-state index >= 15 is 0 Å². The molecule has 0 radical (unpaired) electrons. The van der Waals surface area contributed by atoms with Crippen LogP contribution >= 0.6 is 11.6 Å². The molecule has 3 nitrogen and oxygen atoms in total. The normalized spacial score (nSPS) is 10.9. The van der Waals surface area contributed by atoms with Crippen molar-refractivity contribution in [1.82, 2.24) is 4.98 Å². The quantitative estimate of drug-likeness (QED) is 0.765. The Morgan fingerprint density at radius 3 is 2.65 bits per heavy atom. The van der Waals surface area contributed by atoms with E-state index in [2.05, 4.69) is 17.1 Å². The van der Waals surface area contributed by atoms with E-state index in [1.54, 1.807) is 0 Å². The van der Waals surface area contributed by atoms with Crippen LogP contribution in [-0.2, 0) is 13.2 Å². The maximum atomic E-state index is 5.85. The van der Waals surface area contributed by atoms with Crippen molar-refractivity contribution in [2.45, 2.75) is 13.2 Å². The van der Waals surface area contributed by atoms with Crippen molar-refractivity contribution in [3.05, 3.63) is 64.8 Å². The summed E-state index contributed by atoms with van der Waals surface area (Å²) in [5, 5.41) is 1.87. The van der Waals surface area contributed by atoms with Gasteiger partial charge >= 0.3 is 0 Å². The molecule has 0 fully saturated rings. The minimum absolute atomic E-state index is 0.517. The summed E-state index contributed by atoms with van der Waals surface area (Å²) in [7, 11) is 0. The van der Waals surface area contributed by atoms with E-state index in [1.807, 2.05) is 36.5 Å². The first-order valence-electron chi connectivity index (χ1n) is 6.43. The molecule has 0 aliphatic carbocycles. The standard InChI is InChI=1S/C16H15ClN2O/c17-13-2-4-14(5-3-13)20-10-12-9-19-16-7-11(8-18)1-6-15(12)16/h1-7,9,19H,8,10,18H2. The van der Waals surface area contributed by atoms with Crippen LogP contribution in [0.15, 0.2) is 48.7 Å². The SMILES string of the molecule is NCc1ccc2c(COc3ccc(Cl)cc3)c[nH]c2c1. The summed E-state index contributed by atoms with van der Waals surface area (Å²) < 4.78 is 5.77. The molecule has 0 unspecified atom stereocenters. The molecule has 0 saturated heterocycles. The number of benzene rings is 2. The Morgan fingerprint density at radius 1 is 1.10 bits per heavy atom. The van der Waals surface area contributed by atoms with Gasteiger partial charge < -0.3 is 15.5 Å². The van der Waals surface area contributed by atoms with Crippen LogP contribution in [0.1, 0.15) is 11.1 Å². The maximum Gasteiger partial charge on any atom is 0.119 e. The third kappa shape index (κ3) is 2.64. The lowest BCUT2D eigenvalue weighted by atomic mass is 10.1. The molecule has 3 rings (SSSR count). The predicted octanol–water partition coefficient (Wildman–Crippen LogP) is 3.86. The summed E-state index contributed by atoms with van der Waals surface area (Å²) in [5.41, 5.74) is 8.97. The van der Waals surface area contributed by atoms with E-state index in [9.17, 15) is 0 Å². The topological polar surface area (TPSA) is 51.0 Å². The average molecular weight is 287 g/mol. The summed E-state index contributed by atoms with van der Waals surface area (Å²) in [6.45, 7) is 1.06. The van der Waals surface area contributed by atoms with Crippen molar-refractivity contribution in [2.75, 3.05) is 0 Å². The lowest BCUT2D eigenvalue weighted by Crippen LogP contribution is -1.96. The number of hydrogen-bond acceptors (Lipinski definition) is 2. The summed E-state index contributed by atoms with van der Waals surface area (Å²) in [6, 6.07) is 13.6. The number of H-pyrrole nitrogens is 1. The Bertz CT molecular complexity index is 719.